The van der Waals surface area contributed by atoms with Gasteiger partial charge in [0.15, 0.2) is 5.96 Å². The number of hydrogen-bond acceptors (Lipinski definition) is 2. The van der Waals surface area contributed by atoms with Crippen molar-refractivity contribution in [3.63, 3.8) is 0 Å². The van der Waals surface area contributed by atoms with Gasteiger partial charge in [-0.3, -0.25) is 0 Å². The molecule has 0 fully saturated rings. The molecule has 0 atom stereocenters. The summed E-state index contributed by atoms with van der Waals surface area (Å²) in [5.74, 6) is 1.000. The van der Waals surface area contributed by atoms with Gasteiger partial charge in [0.25, 0.3) is 0 Å². The third-order valence-corrected chi connectivity index (χ3v) is 5.12. The molecule has 1 N–H and O–H groups in total. The highest BCUT2D eigenvalue weighted by Crippen LogP contribution is 2.18. The van der Waals surface area contributed by atoms with Crippen molar-refractivity contribution in [2.75, 3.05) is 13.1 Å². The summed E-state index contributed by atoms with van der Waals surface area (Å²) >= 11 is 0. The van der Waals surface area contributed by atoms with E-state index in [4.69, 9.17) is 4.99 Å². The van der Waals surface area contributed by atoms with Crippen LogP contribution in [0.1, 0.15) is 29.2 Å². The maximum atomic E-state index is 4.90. The molecule has 1 aromatic heterocycles. The Labute approximate surface area is 189 Å². The van der Waals surface area contributed by atoms with Gasteiger partial charge in [-0.15, -0.1) is 24.0 Å². The fourth-order valence-electron chi connectivity index (χ4n) is 3.61. The fraction of sp³-hybridized carbons (Fsp3) is 0.304. The van der Waals surface area contributed by atoms with Gasteiger partial charge in [-0.2, -0.15) is 0 Å². The first-order valence-electron chi connectivity index (χ1n) is 9.95. The minimum Gasteiger partial charge on any atom is -0.356 e. The normalized spacial score (nSPS) is 13.6. The summed E-state index contributed by atoms with van der Waals surface area (Å²) in [4.78, 5) is 11.4. The fourth-order valence-corrected chi connectivity index (χ4v) is 3.61. The maximum Gasteiger partial charge on any atom is 0.194 e. The summed E-state index contributed by atoms with van der Waals surface area (Å²) in [5.41, 5.74) is 5.36. The zero-order valence-corrected chi connectivity index (χ0v) is 19.1. The summed E-state index contributed by atoms with van der Waals surface area (Å²) in [6.07, 6.45) is 6.71. The SMILES string of the molecule is CCNC(=NCc1ccc(Cn2ccnc2)cc1)N1CCc2ccccc2C1.I. The van der Waals surface area contributed by atoms with Crippen LogP contribution in [0.4, 0.5) is 0 Å². The summed E-state index contributed by atoms with van der Waals surface area (Å²) < 4.78 is 2.07. The third kappa shape index (κ3) is 5.59. The lowest BCUT2D eigenvalue weighted by Crippen LogP contribution is -2.44. The zero-order valence-electron chi connectivity index (χ0n) is 16.8. The highest BCUT2D eigenvalue weighted by molar-refractivity contribution is 14.0. The molecule has 4 rings (SSSR count). The summed E-state index contributed by atoms with van der Waals surface area (Å²) in [6, 6.07) is 17.4. The largest absolute Gasteiger partial charge is 0.356 e. The second-order valence-electron chi connectivity index (χ2n) is 7.16. The Hall–Kier alpha value is -2.35. The molecule has 29 heavy (non-hydrogen) atoms. The first-order valence-corrected chi connectivity index (χ1v) is 9.95. The number of aliphatic imine (C=N–C) groups is 1. The molecule has 6 heteroatoms. The van der Waals surface area contributed by atoms with Crippen molar-refractivity contribution in [2.24, 2.45) is 4.99 Å². The molecule has 2 heterocycles. The lowest BCUT2D eigenvalue weighted by atomic mass is 10.0. The molecule has 0 radical (unpaired) electrons. The van der Waals surface area contributed by atoms with Gasteiger partial charge in [0, 0.05) is 38.6 Å². The van der Waals surface area contributed by atoms with Gasteiger partial charge in [-0.05, 0) is 35.6 Å². The van der Waals surface area contributed by atoms with Crippen LogP contribution in [0.15, 0.2) is 72.2 Å². The molecule has 0 amide bonds. The number of guanidine groups is 1. The maximum absolute atomic E-state index is 4.90. The van der Waals surface area contributed by atoms with Crippen molar-refractivity contribution >= 4 is 29.9 Å². The van der Waals surface area contributed by atoms with Gasteiger partial charge < -0.3 is 14.8 Å². The molecule has 1 aliphatic heterocycles. The number of imidazole rings is 1. The number of benzene rings is 2. The molecular weight excluding hydrogens is 473 g/mol. The Bertz CT molecular complexity index is 919. The van der Waals surface area contributed by atoms with Gasteiger partial charge >= 0.3 is 0 Å². The Balaban J connectivity index is 0.00000240. The van der Waals surface area contributed by atoms with Crippen molar-refractivity contribution in [3.8, 4) is 0 Å². The standard InChI is InChI=1S/C23H27N5.HI/c1-2-25-23(28-13-11-21-5-3-4-6-22(21)17-28)26-15-19-7-9-20(10-8-19)16-27-14-12-24-18-27;/h3-10,12,14,18H,2,11,13,15-17H2,1H3,(H,25,26);1H. The van der Waals surface area contributed by atoms with Gasteiger partial charge in [0.05, 0.1) is 12.9 Å². The third-order valence-electron chi connectivity index (χ3n) is 5.12. The van der Waals surface area contributed by atoms with Crippen molar-refractivity contribution < 1.29 is 0 Å². The molecule has 0 saturated heterocycles. The van der Waals surface area contributed by atoms with E-state index in [1.54, 1.807) is 0 Å². The lowest BCUT2D eigenvalue weighted by molar-refractivity contribution is 0.378. The first-order chi connectivity index (χ1) is 13.8. The Morgan fingerprint density at radius 2 is 1.83 bits per heavy atom. The second kappa shape index (κ2) is 10.4. The molecule has 5 nitrogen and oxygen atoms in total. The van der Waals surface area contributed by atoms with E-state index < -0.39 is 0 Å². The van der Waals surface area contributed by atoms with E-state index in [0.717, 1.165) is 38.6 Å². The molecule has 3 aromatic rings. The summed E-state index contributed by atoms with van der Waals surface area (Å²) in [6.45, 7) is 6.46. The minimum atomic E-state index is 0. The van der Waals surface area contributed by atoms with Crippen LogP contribution in [0, 0.1) is 0 Å². The summed E-state index contributed by atoms with van der Waals surface area (Å²) in [7, 11) is 0. The molecule has 1 aliphatic rings. The van der Waals surface area contributed by atoms with E-state index in [2.05, 4.69) is 75.2 Å². The van der Waals surface area contributed by atoms with Gasteiger partial charge in [-0.1, -0.05) is 48.5 Å². The Morgan fingerprint density at radius 1 is 1.07 bits per heavy atom. The monoisotopic (exact) mass is 501 g/mol. The predicted molar refractivity (Wildman–Crippen MR) is 129 cm³/mol. The Kier molecular flexibility index (Phi) is 7.69. The van der Waals surface area contributed by atoms with E-state index in [0.29, 0.717) is 6.54 Å². The zero-order chi connectivity index (χ0) is 19.2. The number of nitrogens with zero attached hydrogens (tertiary/aromatic N) is 4. The highest BCUT2D eigenvalue weighted by Gasteiger charge is 2.18. The molecule has 0 spiro atoms. The van der Waals surface area contributed by atoms with Crippen LogP contribution < -0.4 is 5.32 Å². The van der Waals surface area contributed by atoms with Crippen LogP contribution in [-0.2, 0) is 26.1 Å². The second-order valence-corrected chi connectivity index (χ2v) is 7.16. The summed E-state index contributed by atoms with van der Waals surface area (Å²) in [5, 5.41) is 3.46. The van der Waals surface area contributed by atoms with Crippen molar-refractivity contribution in [2.45, 2.75) is 33.0 Å². The van der Waals surface area contributed by atoms with E-state index in [9.17, 15) is 0 Å². The quantitative estimate of drug-likeness (QED) is 0.326. The molecule has 0 unspecified atom stereocenters. The van der Waals surface area contributed by atoms with Gasteiger partial charge in [0.1, 0.15) is 0 Å². The molecule has 2 aromatic carbocycles. The number of halogens is 1. The van der Waals surface area contributed by atoms with E-state index in [1.165, 1.54) is 22.3 Å². The van der Waals surface area contributed by atoms with Crippen LogP contribution in [0.2, 0.25) is 0 Å². The number of hydrogen-bond donors (Lipinski definition) is 1. The van der Waals surface area contributed by atoms with Crippen LogP contribution in [0.3, 0.4) is 0 Å². The van der Waals surface area contributed by atoms with E-state index in [-0.39, 0.29) is 24.0 Å². The average Bonchev–Trinajstić information content (AvgIpc) is 3.25. The predicted octanol–water partition coefficient (Wildman–Crippen LogP) is 4.07. The minimum absolute atomic E-state index is 0. The van der Waals surface area contributed by atoms with E-state index in [1.807, 2.05) is 18.7 Å². The Morgan fingerprint density at radius 3 is 2.55 bits per heavy atom. The van der Waals surface area contributed by atoms with Gasteiger partial charge in [0.2, 0.25) is 0 Å². The number of nitrogens with one attached hydrogen (secondary N) is 1. The number of rotatable bonds is 5. The van der Waals surface area contributed by atoms with Crippen LogP contribution in [-0.4, -0.2) is 33.5 Å². The molecule has 152 valence electrons. The number of fused-ring (bicyclic) bond motifs is 1. The van der Waals surface area contributed by atoms with Crippen LogP contribution >= 0.6 is 24.0 Å². The first kappa shape index (κ1) is 21.4. The van der Waals surface area contributed by atoms with Crippen molar-refractivity contribution in [1.82, 2.24) is 19.8 Å². The van der Waals surface area contributed by atoms with Crippen molar-refractivity contribution in [3.05, 3.63) is 89.5 Å². The number of aromatic nitrogens is 2. The van der Waals surface area contributed by atoms with Gasteiger partial charge in [-0.25, -0.2) is 9.98 Å². The molecule has 0 saturated carbocycles. The van der Waals surface area contributed by atoms with E-state index >= 15 is 0 Å². The molecular formula is C23H28IN5. The molecule has 0 bridgehead atoms. The van der Waals surface area contributed by atoms with Crippen LogP contribution in [0.25, 0.3) is 0 Å². The smallest absolute Gasteiger partial charge is 0.194 e. The molecule has 0 aliphatic carbocycles. The topological polar surface area (TPSA) is 45.5 Å². The lowest BCUT2D eigenvalue weighted by Gasteiger charge is -2.31. The van der Waals surface area contributed by atoms with Crippen molar-refractivity contribution in [1.29, 1.82) is 0 Å². The average molecular weight is 501 g/mol. The highest BCUT2D eigenvalue weighted by atomic mass is 127. The van der Waals surface area contributed by atoms with Crippen LogP contribution in [0.5, 0.6) is 0 Å².